The van der Waals surface area contributed by atoms with Crippen LogP contribution in [0.5, 0.6) is 0 Å². The van der Waals surface area contributed by atoms with Gasteiger partial charge in [-0.2, -0.15) is 13.2 Å². The molecule has 12 heteroatoms. The lowest BCUT2D eigenvalue weighted by Gasteiger charge is -2.18. The Bertz CT molecular complexity index is 1350. The van der Waals surface area contributed by atoms with E-state index in [-0.39, 0.29) is 40.7 Å². The molecule has 35 heavy (non-hydrogen) atoms. The van der Waals surface area contributed by atoms with E-state index in [4.69, 9.17) is 11.6 Å². The SMILES string of the molecule is Cc1c(C(=O)NCC(C)O)nc2n1-c1ccc(C(F)(F)F)c(Cl)c1C(c1ncccc1F)=N[C@H]2C. The summed E-state index contributed by atoms with van der Waals surface area (Å²) in [6.45, 7) is 4.67. The molecule has 1 aromatic carbocycles. The molecule has 0 radical (unpaired) electrons. The maximum Gasteiger partial charge on any atom is 0.417 e. The lowest BCUT2D eigenvalue weighted by atomic mass is 10.00. The second-order valence-corrected chi connectivity index (χ2v) is 8.48. The average Bonchev–Trinajstić information content (AvgIpc) is 3.06. The van der Waals surface area contributed by atoms with Gasteiger partial charge in [0.2, 0.25) is 0 Å². The predicted octanol–water partition coefficient (Wildman–Crippen LogP) is 4.41. The van der Waals surface area contributed by atoms with Crippen molar-refractivity contribution in [3.63, 3.8) is 0 Å². The normalized spacial score (nSPS) is 16.1. The van der Waals surface area contributed by atoms with Crippen LogP contribution in [0.25, 0.3) is 5.69 Å². The van der Waals surface area contributed by atoms with E-state index in [1.165, 1.54) is 29.8 Å². The molecule has 2 atom stereocenters. The molecule has 184 valence electrons. The fourth-order valence-electron chi connectivity index (χ4n) is 3.90. The number of pyridine rings is 1. The zero-order valence-electron chi connectivity index (χ0n) is 18.8. The number of hydrogen-bond donors (Lipinski definition) is 2. The number of alkyl halides is 3. The fourth-order valence-corrected chi connectivity index (χ4v) is 4.25. The maximum absolute atomic E-state index is 14.7. The summed E-state index contributed by atoms with van der Waals surface area (Å²) in [6, 6.07) is 3.67. The minimum Gasteiger partial charge on any atom is -0.392 e. The van der Waals surface area contributed by atoms with Crippen molar-refractivity contribution in [2.45, 2.75) is 39.1 Å². The number of nitrogens with one attached hydrogen (secondary N) is 1. The Kier molecular flexibility index (Phi) is 6.41. The monoisotopic (exact) mass is 509 g/mol. The second kappa shape index (κ2) is 9.04. The van der Waals surface area contributed by atoms with Crippen molar-refractivity contribution in [1.29, 1.82) is 0 Å². The molecule has 3 aromatic rings. The van der Waals surface area contributed by atoms with E-state index in [0.29, 0.717) is 5.69 Å². The van der Waals surface area contributed by atoms with Gasteiger partial charge in [-0.3, -0.25) is 19.3 Å². The lowest BCUT2D eigenvalue weighted by molar-refractivity contribution is -0.137. The minimum absolute atomic E-state index is 0.0112. The van der Waals surface area contributed by atoms with Gasteiger partial charge in [-0.05, 0) is 45.0 Å². The number of benzene rings is 1. The number of halogens is 5. The summed E-state index contributed by atoms with van der Waals surface area (Å²) in [7, 11) is 0. The molecule has 2 N–H and O–H groups in total. The third-order valence-corrected chi connectivity index (χ3v) is 5.88. The van der Waals surface area contributed by atoms with Crippen molar-refractivity contribution in [2.24, 2.45) is 4.99 Å². The van der Waals surface area contributed by atoms with Crippen LogP contribution in [-0.2, 0) is 6.18 Å². The second-order valence-electron chi connectivity index (χ2n) is 8.10. The molecular weight excluding hydrogens is 490 g/mol. The number of nitrogens with zero attached hydrogens (tertiary/aromatic N) is 4. The molecule has 0 saturated heterocycles. The molecule has 2 aromatic heterocycles. The quantitative estimate of drug-likeness (QED) is 0.510. The van der Waals surface area contributed by atoms with Gasteiger partial charge >= 0.3 is 6.18 Å². The number of aromatic nitrogens is 3. The number of aliphatic imine (C=N–C) groups is 1. The van der Waals surface area contributed by atoms with Crippen molar-refractivity contribution in [2.75, 3.05) is 6.54 Å². The highest BCUT2D eigenvalue weighted by atomic mass is 35.5. The molecule has 4 rings (SSSR count). The molecule has 1 aliphatic rings. The smallest absolute Gasteiger partial charge is 0.392 e. The summed E-state index contributed by atoms with van der Waals surface area (Å²) in [4.78, 5) is 25.6. The lowest BCUT2D eigenvalue weighted by Crippen LogP contribution is -2.31. The zero-order chi connectivity index (χ0) is 25.7. The fraction of sp³-hybridized carbons (Fsp3) is 0.304. The van der Waals surface area contributed by atoms with Crippen LogP contribution in [0.15, 0.2) is 35.5 Å². The molecule has 1 aliphatic heterocycles. The van der Waals surface area contributed by atoms with Crippen molar-refractivity contribution in [1.82, 2.24) is 19.9 Å². The Hall–Kier alpha value is -3.31. The summed E-state index contributed by atoms with van der Waals surface area (Å²) in [6.07, 6.45) is -4.28. The standard InChI is InChI=1S/C23H20ClF4N5O2/c1-10(34)9-30-22(35)18-12(3)33-15-7-6-13(23(26,27)28)17(24)16(15)20(31-11(2)21(33)32-18)19-14(25)5-4-8-29-19/h4-8,10-11,34H,9H2,1-3H3,(H,30,35)/t10?,11-/m0/s1. The van der Waals surface area contributed by atoms with Gasteiger partial charge in [0.1, 0.15) is 23.3 Å². The van der Waals surface area contributed by atoms with Crippen molar-refractivity contribution < 1.29 is 27.5 Å². The predicted molar refractivity (Wildman–Crippen MR) is 121 cm³/mol. The number of fused-ring (bicyclic) bond motifs is 3. The third-order valence-electron chi connectivity index (χ3n) is 5.49. The first-order valence-electron chi connectivity index (χ1n) is 10.6. The van der Waals surface area contributed by atoms with E-state index in [1.54, 1.807) is 13.8 Å². The topological polar surface area (TPSA) is 92.4 Å². The average molecular weight is 510 g/mol. The number of amides is 1. The first-order chi connectivity index (χ1) is 16.4. The molecule has 7 nitrogen and oxygen atoms in total. The van der Waals surface area contributed by atoms with Crippen LogP contribution in [0.3, 0.4) is 0 Å². The summed E-state index contributed by atoms with van der Waals surface area (Å²) in [5, 5.41) is 11.3. The zero-order valence-corrected chi connectivity index (χ0v) is 19.5. The van der Waals surface area contributed by atoms with Gasteiger partial charge in [0.25, 0.3) is 5.91 Å². The van der Waals surface area contributed by atoms with Crippen molar-refractivity contribution >= 4 is 23.2 Å². The van der Waals surface area contributed by atoms with Crippen molar-refractivity contribution in [3.05, 3.63) is 75.3 Å². The first kappa shape index (κ1) is 24.8. The van der Waals surface area contributed by atoms with E-state index < -0.39 is 40.6 Å². The molecule has 1 unspecified atom stereocenters. The Balaban J connectivity index is 2.02. The molecule has 1 amide bonds. The Labute approximate surface area is 202 Å². The number of aliphatic hydroxyl groups excluding tert-OH is 1. The number of carbonyl (C=O) groups is 1. The molecule has 0 spiro atoms. The summed E-state index contributed by atoms with van der Waals surface area (Å²) in [5.74, 6) is -1.11. The minimum atomic E-state index is -4.78. The third kappa shape index (κ3) is 4.41. The Morgan fingerprint density at radius 2 is 2.03 bits per heavy atom. The molecule has 0 bridgehead atoms. The van der Waals surface area contributed by atoms with Crippen LogP contribution in [-0.4, -0.2) is 43.9 Å². The van der Waals surface area contributed by atoms with Crippen LogP contribution in [0, 0.1) is 12.7 Å². The molecule has 0 fully saturated rings. The highest BCUT2D eigenvalue weighted by Crippen LogP contribution is 2.42. The maximum atomic E-state index is 14.7. The number of aliphatic hydroxyl groups is 1. The number of imidazole rings is 1. The molecule has 0 saturated carbocycles. The Morgan fingerprint density at radius 3 is 2.66 bits per heavy atom. The summed E-state index contributed by atoms with van der Waals surface area (Å²) < 4.78 is 57.4. The highest BCUT2D eigenvalue weighted by Gasteiger charge is 2.38. The van der Waals surface area contributed by atoms with Gasteiger partial charge in [0.05, 0.1) is 33.8 Å². The van der Waals surface area contributed by atoms with E-state index in [9.17, 15) is 27.5 Å². The van der Waals surface area contributed by atoms with Gasteiger partial charge in [0.15, 0.2) is 5.82 Å². The Morgan fingerprint density at radius 1 is 1.31 bits per heavy atom. The number of hydrogen-bond acceptors (Lipinski definition) is 5. The van der Waals surface area contributed by atoms with Gasteiger partial charge in [-0.1, -0.05) is 11.6 Å². The largest absolute Gasteiger partial charge is 0.417 e. The number of carbonyl (C=O) groups excluding carboxylic acids is 1. The van der Waals surface area contributed by atoms with Gasteiger partial charge in [-0.25, -0.2) is 9.37 Å². The molecule has 3 heterocycles. The van der Waals surface area contributed by atoms with Gasteiger partial charge < -0.3 is 10.4 Å². The van der Waals surface area contributed by atoms with Crippen LogP contribution in [0.4, 0.5) is 17.6 Å². The molecule has 0 aliphatic carbocycles. The molecular formula is C23H20ClF4N5O2. The first-order valence-corrected chi connectivity index (χ1v) is 10.9. The summed E-state index contributed by atoms with van der Waals surface area (Å²) >= 11 is 6.31. The van der Waals surface area contributed by atoms with Crippen molar-refractivity contribution in [3.8, 4) is 5.69 Å². The van der Waals surface area contributed by atoms with Crippen LogP contribution in [0.2, 0.25) is 5.02 Å². The van der Waals surface area contributed by atoms with E-state index >= 15 is 0 Å². The van der Waals surface area contributed by atoms with Crippen LogP contribution >= 0.6 is 11.6 Å². The number of rotatable bonds is 4. The van der Waals surface area contributed by atoms with E-state index in [1.807, 2.05) is 0 Å². The van der Waals surface area contributed by atoms with E-state index in [2.05, 4.69) is 20.3 Å². The van der Waals surface area contributed by atoms with E-state index in [0.717, 1.165) is 12.1 Å². The highest BCUT2D eigenvalue weighted by molar-refractivity contribution is 6.37. The van der Waals surface area contributed by atoms with Crippen LogP contribution in [0.1, 0.15) is 58.7 Å². The van der Waals surface area contributed by atoms with Gasteiger partial charge in [-0.15, -0.1) is 0 Å². The van der Waals surface area contributed by atoms with Gasteiger partial charge in [0, 0.05) is 18.3 Å². The summed E-state index contributed by atoms with van der Waals surface area (Å²) in [5.41, 5.74) is -1.26. The van der Waals surface area contributed by atoms with Crippen LogP contribution < -0.4 is 5.32 Å².